The summed E-state index contributed by atoms with van der Waals surface area (Å²) in [5.41, 5.74) is 0.858. The maximum atomic E-state index is 14.3. The molecule has 0 radical (unpaired) electrons. The van der Waals surface area contributed by atoms with Crippen LogP contribution in [0.2, 0.25) is 10.0 Å². The number of nitrogens with one attached hydrogen (secondary N) is 1. The quantitative estimate of drug-likeness (QED) is 0.223. The Morgan fingerprint density at radius 3 is 2.22 bits per heavy atom. The Labute approximate surface area is 275 Å². The van der Waals surface area contributed by atoms with E-state index in [-0.39, 0.29) is 34.8 Å². The van der Waals surface area contributed by atoms with Crippen LogP contribution < -0.4 is 19.1 Å². The summed E-state index contributed by atoms with van der Waals surface area (Å²) < 4.78 is 40.1. The molecular formula is C33H39Cl2N3O6S. The fourth-order valence-corrected chi connectivity index (χ4v) is 7.27. The summed E-state index contributed by atoms with van der Waals surface area (Å²) >= 11 is 12.6. The van der Waals surface area contributed by atoms with Crippen molar-refractivity contribution in [3.63, 3.8) is 0 Å². The van der Waals surface area contributed by atoms with Crippen molar-refractivity contribution in [2.24, 2.45) is 0 Å². The van der Waals surface area contributed by atoms with Crippen LogP contribution in [0.3, 0.4) is 0 Å². The van der Waals surface area contributed by atoms with Gasteiger partial charge in [0.15, 0.2) is 11.5 Å². The Kier molecular flexibility index (Phi) is 12.0. The second kappa shape index (κ2) is 15.7. The first-order valence-electron chi connectivity index (χ1n) is 14.9. The molecule has 0 unspecified atom stereocenters. The van der Waals surface area contributed by atoms with E-state index in [9.17, 15) is 18.0 Å². The van der Waals surface area contributed by atoms with Gasteiger partial charge in [-0.15, -0.1) is 0 Å². The molecule has 0 saturated heterocycles. The molecule has 1 aliphatic carbocycles. The molecule has 1 N–H and O–H groups in total. The lowest BCUT2D eigenvalue weighted by molar-refractivity contribution is -0.140. The van der Waals surface area contributed by atoms with Crippen molar-refractivity contribution in [1.82, 2.24) is 10.2 Å². The highest BCUT2D eigenvalue weighted by Gasteiger charge is 2.35. The molecule has 12 heteroatoms. The van der Waals surface area contributed by atoms with Crippen molar-refractivity contribution >= 4 is 50.7 Å². The molecule has 1 atom stereocenters. The third-order valence-corrected chi connectivity index (χ3v) is 10.4. The number of benzene rings is 3. The predicted octanol–water partition coefficient (Wildman–Crippen LogP) is 6.46. The van der Waals surface area contributed by atoms with Crippen LogP contribution in [0.25, 0.3) is 0 Å². The van der Waals surface area contributed by atoms with Gasteiger partial charge < -0.3 is 19.7 Å². The van der Waals surface area contributed by atoms with Gasteiger partial charge in [-0.25, -0.2) is 8.42 Å². The van der Waals surface area contributed by atoms with Crippen molar-refractivity contribution < 1.29 is 27.5 Å². The minimum Gasteiger partial charge on any atom is -0.493 e. The number of hydrogen-bond donors (Lipinski definition) is 1. The Morgan fingerprint density at radius 1 is 0.933 bits per heavy atom. The van der Waals surface area contributed by atoms with E-state index in [2.05, 4.69) is 5.32 Å². The number of methoxy groups -OCH3 is 2. The lowest BCUT2D eigenvalue weighted by Gasteiger charge is -2.34. The smallest absolute Gasteiger partial charge is 0.264 e. The number of carbonyl (C=O) groups is 2. The van der Waals surface area contributed by atoms with Crippen molar-refractivity contribution in [3.05, 3.63) is 82.3 Å². The molecule has 0 bridgehead atoms. The number of hydrogen-bond acceptors (Lipinski definition) is 6. The maximum absolute atomic E-state index is 14.3. The summed E-state index contributed by atoms with van der Waals surface area (Å²) in [4.78, 5) is 29.3. The molecule has 1 fully saturated rings. The summed E-state index contributed by atoms with van der Waals surface area (Å²) in [5, 5.41) is 3.98. The highest BCUT2D eigenvalue weighted by Crippen LogP contribution is 2.33. The lowest BCUT2D eigenvalue weighted by atomic mass is 9.95. The SMILES string of the molecule is CC[C@@H](C(=O)NC1CCCCC1)N(Cc1ccccc1Cl)C(=O)CN(c1ccc(Cl)cc1)S(=O)(=O)c1ccc(OC)c(OC)c1. The van der Waals surface area contributed by atoms with Gasteiger partial charge in [-0.1, -0.05) is 67.6 Å². The number of carbonyl (C=O) groups excluding carboxylic acids is 2. The fraction of sp³-hybridized carbons (Fsp3) is 0.394. The van der Waals surface area contributed by atoms with Crippen molar-refractivity contribution in [2.45, 2.75) is 69.0 Å². The van der Waals surface area contributed by atoms with Crippen LogP contribution in [0.5, 0.6) is 11.5 Å². The summed E-state index contributed by atoms with van der Waals surface area (Å²) in [7, 11) is -1.47. The molecule has 0 heterocycles. The molecule has 3 aromatic rings. The van der Waals surface area contributed by atoms with E-state index in [0.717, 1.165) is 36.4 Å². The Bertz CT molecular complexity index is 1580. The fourth-order valence-electron chi connectivity index (χ4n) is 5.51. The van der Waals surface area contributed by atoms with Gasteiger partial charge in [0.25, 0.3) is 10.0 Å². The van der Waals surface area contributed by atoms with Crippen LogP contribution in [0, 0.1) is 0 Å². The topological polar surface area (TPSA) is 105 Å². The van der Waals surface area contributed by atoms with E-state index in [0.29, 0.717) is 27.8 Å². The van der Waals surface area contributed by atoms with E-state index in [1.807, 2.05) is 6.92 Å². The molecule has 0 aliphatic heterocycles. The summed E-state index contributed by atoms with van der Waals surface area (Å²) in [5.74, 6) is -0.275. The molecule has 2 amide bonds. The van der Waals surface area contributed by atoms with E-state index in [1.54, 1.807) is 36.4 Å². The molecule has 1 aliphatic rings. The van der Waals surface area contributed by atoms with Crippen LogP contribution in [0.4, 0.5) is 5.69 Å². The monoisotopic (exact) mass is 675 g/mol. The highest BCUT2D eigenvalue weighted by molar-refractivity contribution is 7.92. The molecule has 4 rings (SSSR count). The average molecular weight is 677 g/mol. The summed E-state index contributed by atoms with van der Waals surface area (Å²) in [6.07, 6.45) is 5.29. The Morgan fingerprint density at radius 2 is 1.60 bits per heavy atom. The molecule has 45 heavy (non-hydrogen) atoms. The first kappa shape index (κ1) is 34.4. The maximum Gasteiger partial charge on any atom is 0.264 e. The molecule has 9 nitrogen and oxygen atoms in total. The van der Waals surface area contributed by atoms with Crippen LogP contribution >= 0.6 is 23.2 Å². The van der Waals surface area contributed by atoms with Gasteiger partial charge in [-0.05, 0) is 67.3 Å². The van der Waals surface area contributed by atoms with Gasteiger partial charge in [0.05, 0.1) is 24.8 Å². The van der Waals surface area contributed by atoms with E-state index in [4.69, 9.17) is 32.7 Å². The zero-order chi connectivity index (χ0) is 32.6. The number of sulfonamides is 1. The molecule has 0 aromatic heterocycles. The average Bonchev–Trinajstić information content (AvgIpc) is 3.04. The number of amides is 2. The van der Waals surface area contributed by atoms with Crippen molar-refractivity contribution in [1.29, 1.82) is 0 Å². The number of rotatable bonds is 13. The van der Waals surface area contributed by atoms with Gasteiger partial charge in [-0.3, -0.25) is 13.9 Å². The minimum absolute atomic E-state index is 0.0139. The third-order valence-electron chi connectivity index (χ3n) is 7.97. The van der Waals surface area contributed by atoms with Crippen LogP contribution in [0.15, 0.2) is 71.6 Å². The van der Waals surface area contributed by atoms with Crippen LogP contribution in [0.1, 0.15) is 51.0 Å². The highest BCUT2D eigenvalue weighted by atomic mass is 35.5. The first-order chi connectivity index (χ1) is 21.6. The Balaban J connectivity index is 1.74. The molecule has 242 valence electrons. The summed E-state index contributed by atoms with van der Waals surface area (Å²) in [6.45, 7) is 1.26. The van der Waals surface area contributed by atoms with Gasteiger partial charge in [0.1, 0.15) is 12.6 Å². The van der Waals surface area contributed by atoms with Crippen molar-refractivity contribution in [2.75, 3.05) is 25.1 Å². The second-order valence-corrected chi connectivity index (χ2v) is 13.6. The minimum atomic E-state index is -4.33. The largest absolute Gasteiger partial charge is 0.493 e. The molecule has 0 spiro atoms. The van der Waals surface area contributed by atoms with Gasteiger partial charge in [0.2, 0.25) is 11.8 Å². The number of ether oxygens (including phenoxy) is 2. The Hall–Kier alpha value is -3.47. The standard InChI is InChI=1S/C33H39Cl2N3O6S/c1-4-29(33(40)36-25-11-6-5-7-12-25)37(21-23-10-8-9-13-28(23)35)32(39)22-38(26-16-14-24(34)15-17-26)45(41,42)27-18-19-30(43-2)31(20-27)44-3/h8-10,13-20,25,29H,4-7,11-12,21-22H2,1-3H3,(H,36,40)/t29-/m0/s1. The van der Waals surface area contributed by atoms with E-state index in [1.165, 1.54) is 49.5 Å². The molecular weight excluding hydrogens is 637 g/mol. The lowest BCUT2D eigenvalue weighted by Crippen LogP contribution is -2.54. The van der Waals surface area contributed by atoms with Gasteiger partial charge >= 0.3 is 0 Å². The molecule has 3 aromatic carbocycles. The van der Waals surface area contributed by atoms with E-state index < -0.39 is 28.5 Å². The summed E-state index contributed by atoms with van der Waals surface area (Å²) in [6, 6.07) is 16.6. The number of anilines is 1. The van der Waals surface area contributed by atoms with Gasteiger partial charge in [0, 0.05) is 28.7 Å². The predicted molar refractivity (Wildman–Crippen MR) is 177 cm³/mol. The zero-order valence-electron chi connectivity index (χ0n) is 25.7. The third kappa shape index (κ3) is 8.42. The molecule has 1 saturated carbocycles. The van der Waals surface area contributed by atoms with Crippen molar-refractivity contribution in [3.8, 4) is 11.5 Å². The van der Waals surface area contributed by atoms with Crippen LogP contribution in [-0.2, 0) is 26.2 Å². The number of halogens is 2. The van der Waals surface area contributed by atoms with E-state index >= 15 is 0 Å². The number of nitrogens with zero attached hydrogens (tertiary/aromatic N) is 2. The normalized spacial score (nSPS) is 14.3. The zero-order valence-corrected chi connectivity index (χ0v) is 28.0. The second-order valence-electron chi connectivity index (χ2n) is 10.9. The van der Waals surface area contributed by atoms with Crippen LogP contribution in [-0.4, -0.2) is 58.0 Å². The first-order valence-corrected chi connectivity index (χ1v) is 17.1. The van der Waals surface area contributed by atoms with Gasteiger partial charge in [-0.2, -0.15) is 0 Å².